The monoisotopic (exact) mass is 454 g/mol. The number of aryl methyl sites for hydroxylation is 1. The van der Waals surface area contributed by atoms with Crippen LogP contribution in [-0.2, 0) is 22.4 Å². The van der Waals surface area contributed by atoms with Gasteiger partial charge in [-0.05, 0) is 67.7 Å². The zero-order chi connectivity index (χ0) is 23.4. The molecule has 178 valence electrons. The first-order valence-electron chi connectivity index (χ1n) is 12.2. The van der Waals surface area contributed by atoms with Crippen molar-refractivity contribution >= 4 is 11.8 Å². The molecular formula is C26H35FN4O2. The van der Waals surface area contributed by atoms with Crippen LogP contribution in [-0.4, -0.2) is 57.5 Å². The lowest BCUT2D eigenvalue weighted by Crippen LogP contribution is -2.47. The Morgan fingerprint density at radius 3 is 2.73 bits per heavy atom. The number of likely N-dealkylation sites (tertiary alicyclic amines) is 2. The van der Waals surface area contributed by atoms with Crippen molar-refractivity contribution in [2.24, 2.45) is 11.3 Å². The second-order valence-electron chi connectivity index (χ2n) is 10.2. The van der Waals surface area contributed by atoms with Gasteiger partial charge in [0.2, 0.25) is 11.8 Å². The van der Waals surface area contributed by atoms with Crippen LogP contribution in [0.2, 0.25) is 0 Å². The summed E-state index contributed by atoms with van der Waals surface area (Å²) < 4.78 is 13.7. The molecule has 0 bridgehead atoms. The summed E-state index contributed by atoms with van der Waals surface area (Å²) in [7, 11) is 0. The van der Waals surface area contributed by atoms with Crippen molar-refractivity contribution in [3.8, 4) is 0 Å². The van der Waals surface area contributed by atoms with Crippen molar-refractivity contribution in [2.75, 3.05) is 19.6 Å². The number of H-pyrrole nitrogens is 1. The number of nitrogens with one attached hydrogen (secondary N) is 1. The van der Waals surface area contributed by atoms with Gasteiger partial charge in [0.05, 0.1) is 11.6 Å². The van der Waals surface area contributed by atoms with Gasteiger partial charge in [0, 0.05) is 38.3 Å². The summed E-state index contributed by atoms with van der Waals surface area (Å²) in [6, 6.07) is 6.79. The number of nitrogens with zero attached hydrogens (tertiary/aromatic N) is 3. The van der Waals surface area contributed by atoms with Crippen LogP contribution in [0.3, 0.4) is 0 Å². The maximum Gasteiger partial charge on any atom is 0.229 e. The molecule has 1 aromatic carbocycles. The van der Waals surface area contributed by atoms with E-state index in [-0.39, 0.29) is 29.1 Å². The maximum atomic E-state index is 13.7. The van der Waals surface area contributed by atoms with E-state index >= 15 is 0 Å². The molecule has 0 aliphatic carbocycles. The first-order chi connectivity index (χ1) is 15.9. The molecule has 2 aliphatic rings. The quantitative estimate of drug-likeness (QED) is 0.656. The molecule has 0 unspecified atom stereocenters. The van der Waals surface area contributed by atoms with Crippen molar-refractivity contribution in [1.82, 2.24) is 20.0 Å². The number of hydrogen-bond acceptors (Lipinski definition) is 3. The number of hydrogen-bond donors (Lipinski definition) is 1. The highest BCUT2D eigenvalue weighted by atomic mass is 19.1. The maximum absolute atomic E-state index is 13.7. The summed E-state index contributed by atoms with van der Waals surface area (Å²) in [5.74, 6) is 0.538. The number of aromatic amines is 1. The molecule has 0 saturated carbocycles. The van der Waals surface area contributed by atoms with Crippen LogP contribution in [0, 0.1) is 17.2 Å². The lowest BCUT2D eigenvalue weighted by molar-refractivity contribution is -0.143. The second-order valence-corrected chi connectivity index (χ2v) is 10.2. The fraction of sp³-hybridized carbons (Fsp3) is 0.577. The summed E-state index contributed by atoms with van der Waals surface area (Å²) in [6.45, 7) is 6.25. The number of aromatic nitrogens is 2. The molecule has 1 atom stereocenters. The van der Waals surface area contributed by atoms with E-state index in [0.29, 0.717) is 44.7 Å². The molecule has 2 fully saturated rings. The molecule has 2 amide bonds. The molecule has 2 aliphatic heterocycles. The van der Waals surface area contributed by atoms with Crippen LogP contribution < -0.4 is 0 Å². The van der Waals surface area contributed by atoms with Crippen LogP contribution in [0.15, 0.2) is 36.7 Å². The zero-order valence-corrected chi connectivity index (χ0v) is 19.7. The third kappa shape index (κ3) is 5.45. The van der Waals surface area contributed by atoms with Gasteiger partial charge in [0.25, 0.3) is 0 Å². The van der Waals surface area contributed by atoms with Gasteiger partial charge in [-0.1, -0.05) is 26.0 Å². The molecule has 4 rings (SSSR count). The van der Waals surface area contributed by atoms with Gasteiger partial charge in [-0.3, -0.25) is 14.7 Å². The van der Waals surface area contributed by atoms with Crippen molar-refractivity contribution in [2.45, 2.75) is 64.8 Å². The normalized spacial score (nSPS) is 20.2. The molecule has 6 nitrogen and oxygen atoms in total. The Bertz CT molecular complexity index is 951. The second kappa shape index (κ2) is 10.1. The number of carbonyl (C=O) groups excluding carboxylic acids is 2. The highest BCUT2D eigenvalue weighted by molar-refractivity contribution is 5.86. The summed E-state index contributed by atoms with van der Waals surface area (Å²) in [4.78, 5) is 30.3. The van der Waals surface area contributed by atoms with E-state index in [9.17, 15) is 14.0 Å². The molecule has 2 saturated heterocycles. The fourth-order valence-corrected chi connectivity index (χ4v) is 5.48. The largest absolute Gasteiger partial charge is 0.343 e. The Balaban J connectivity index is 1.37. The van der Waals surface area contributed by atoms with E-state index in [1.165, 1.54) is 6.07 Å². The smallest absolute Gasteiger partial charge is 0.229 e. The Morgan fingerprint density at radius 2 is 2.06 bits per heavy atom. The summed E-state index contributed by atoms with van der Waals surface area (Å²) in [5.41, 5.74) is 1.66. The van der Waals surface area contributed by atoms with Gasteiger partial charge < -0.3 is 9.80 Å². The third-order valence-corrected chi connectivity index (χ3v) is 7.19. The third-order valence-electron chi connectivity index (χ3n) is 7.19. The Labute approximate surface area is 195 Å². The molecule has 7 heteroatoms. The minimum atomic E-state index is -0.388. The number of piperidine rings is 1. The van der Waals surface area contributed by atoms with Crippen LogP contribution in [0.1, 0.15) is 57.1 Å². The van der Waals surface area contributed by atoms with Crippen LogP contribution in [0.5, 0.6) is 0 Å². The fourth-order valence-electron chi connectivity index (χ4n) is 5.48. The van der Waals surface area contributed by atoms with E-state index in [1.54, 1.807) is 18.3 Å². The average molecular weight is 455 g/mol. The molecule has 1 N–H and O–H groups in total. The SMILES string of the molecule is CC(C)CN1C(=O)C2(CCN(C(=O)CCCc3cn[nH]c3)CC2)C[C@@H]1Cc1cccc(F)c1. The van der Waals surface area contributed by atoms with Gasteiger partial charge in [0.1, 0.15) is 5.82 Å². The molecular weight excluding hydrogens is 419 g/mol. The highest BCUT2D eigenvalue weighted by Gasteiger charge is 2.52. The minimum Gasteiger partial charge on any atom is -0.343 e. The van der Waals surface area contributed by atoms with Crippen LogP contribution in [0.25, 0.3) is 0 Å². The predicted molar refractivity (Wildman–Crippen MR) is 125 cm³/mol. The van der Waals surface area contributed by atoms with Gasteiger partial charge in [-0.2, -0.15) is 5.10 Å². The Morgan fingerprint density at radius 1 is 1.27 bits per heavy atom. The lowest BCUT2D eigenvalue weighted by Gasteiger charge is -2.38. The number of carbonyl (C=O) groups is 2. The highest BCUT2D eigenvalue weighted by Crippen LogP contribution is 2.45. The summed E-state index contributed by atoms with van der Waals surface area (Å²) >= 11 is 0. The summed E-state index contributed by atoms with van der Waals surface area (Å²) in [5, 5.41) is 6.74. The number of halogens is 1. The molecule has 33 heavy (non-hydrogen) atoms. The van der Waals surface area contributed by atoms with E-state index < -0.39 is 0 Å². The Hall–Kier alpha value is -2.70. The molecule has 0 radical (unpaired) electrons. The van der Waals surface area contributed by atoms with Crippen molar-refractivity contribution in [1.29, 1.82) is 0 Å². The molecule has 1 spiro atoms. The number of benzene rings is 1. The van der Waals surface area contributed by atoms with Crippen molar-refractivity contribution in [3.63, 3.8) is 0 Å². The first-order valence-corrected chi connectivity index (χ1v) is 12.2. The van der Waals surface area contributed by atoms with Gasteiger partial charge >= 0.3 is 0 Å². The average Bonchev–Trinajstić information content (AvgIpc) is 3.37. The van der Waals surface area contributed by atoms with E-state index in [2.05, 4.69) is 24.0 Å². The molecule has 2 aromatic rings. The van der Waals surface area contributed by atoms with E-state index in [1.807, 2.05) is 22.1 Å². The molecule has 3 heterocycles. The van der Waals surface area contributed by atoms with Gasteiger partial charge in [-0.25, -0.2) is 4.39 Å². The Kier molecular flexibility index (Phi) is 7.15. The lowest BCUT2D eigenvalue weighted by atomic mass is 9.75. The number of amides is 2. The topological polar surface area (TPSA) is 69.3 Å². The standard InChI is InChI=1S/C26H35FN4O2/c1-19(2)18-31-23(14-20-5-3-7-22(27)13-20)15-26(25(31)33)9-11-30(12-10-26)24(32)8-4-6-21-16-28-29-17-21/h3,5,7,13,16-17,19,23H,4,6,8-12,14-15,18H2,1-2H3,(H,28,29)/t23-/m0/s1. The van der Waals surface area contributed by atoms with Crippen molar-refractivity contribution in [3.05, 3.63) is 53.6 Å². The first kappa shape index (κ1) is 23.5. The number of rotatable bonds is 8. The zero-order valence-electron chi connectivity index (χ0n) is 19.7. The van der Waals surface area contributed by atoms with Crippen LogP contribution in [0.4, 0.5) is 4.39 Å². The van der Waals surface area contributed by atoms with E-state index in [4.69, 9.17) is 0 Å². The summed E-state index contributed by atoms with van der Waals surface area (Å²) in [6.07, 6.45) is 8.72. The predicted octanol–water partition coefficient (Wildman–Crippen LogP) is 3.98. The van der Waals surface area contributed by atoms with E-state index in [0.717, 1.165) is 36.9 Å². The minimum absolute atomic E-state index is 0.0823. The van der Waals surface area contributed by atoms with Crippen LogP contribution >= 0.6 is 0 Å². The van der Waals surface area contributed by atoms with Gasteiger partial charge in [0.15, 0.2) is 0 Å². The van der Waals surface area contributed by atoms with Gasteiger partial charge in [-0.15, -0.1) is 0 Å². The van der Waals surface area contributed by atoms with Crippen molar-refractivity contribution < 1.29 is 14.0 Å². The molecule has 1 aromatic heterocycles.